The van der Waals surface area contributed by atoms with Crippen molar-refractivity contribution in [1.29, 1.82) is 0 Å². The fraction of sp³-hybridized carbons (Fsp3) is 0.417. The van der Waals surface area contributed by atoms with Crippen molar-refractivity contribution in [2.24, 2.45) is 0 Å². The topological polar surface area (TPSA) is 55.1 Å². The molecule has 1 fully saturated rings. The number of halogens is 1. The zero-order valence-corrected chi connectivity index (χ0v) is 9.76. The van der Waals surface area contributed by atoms with Crippen LogP contribution in [0.5, 0.6) is 0 Å². The number of nitrogens with two attached hydrogens (primary N) is 1. The molecule has 0 unspecified atom stereocenters. The number of carbonyl (C=O) groups is 1. The van der Waals surface area contributed by atoms with E-state index in [0.717, 1.165) is 12.8 Å². The standard InChI is InChI=1S/C12H15ClN2O/c13-11-6-5-8(14)7-10(11)12(16)15-9-3-1-2-4-9/h5-7,9H,1-4,14H2,(H,15,16). The quantitative estimate of drug-likeness (QED) is 0.779. The van der Waals surface area contributed by atoms with E-state index in [4.69, 9.17) is 17.3 Å². The lowest BCUT2D eigenvalue weighted by molar-refractivity contribution is 0.0938. The minimum Gasteiger partial charge on any atom is -0.399 e. The molecule has 0 spiro atoms. The molecule has 86 valence electrons. The van der Waals surface area contributed by atoms with Crippen LogP contribution in [-0.2, 0) is 0 Å². The van der Waals surface area contributed by atoms with Crippen molar-refractivity contribution < 1.29 is 4.79 Å². The molecule has 0 radical (unpaired) electrons. The maximum Gasteiger partial charge on any atom is 0.253 e. The van der Waals surface area contributed by atoms with E-state index >= 15 is 0 Å². The van der Waals surface area contributed by atoms with Gasteiger partial charge in [-0.1, -0.05) is 24.4 Å². The molecular formula is C12H15ClN2O. The molecule has 0 saturated heterocycles. The smallest absolute Gasteiger partial charge is 0.253 e. The Morgan fingerprint density at radius 2 is 2.06 bits per heavy atom. The molecule has 1 aromatic carbocycles. The van der Waals surface area contributed by atoms with E-state index in [9.17, 15) is 4.79 Å². The Morgan fingerprint density at radius 1 is 1.38 bits per heavy atom. The van der Waals surface area contributed by atoms with Crippen molar-refractivity contribution in [3.63, 3.8) is 0 Å². The third-order valence-corrected chi connectivity index (χ3v) is 3.26. The normalized spacial score (nSPS) is 16.3. The minimum atomic E-state index is -0.121. The highest BCUT2D eigenvalue weighted by molar-refractivity contribution is 6.34. The molecular weight excluding hydrogens is 224 g/mol. The molecule has 1 aliphatic rings. The van der Waals surface area contributed by atoms with E-state index in [1.165, 1.54) is 12.8 Å². The van der Waals surface area contributed by atoms with Crippen LogP contribution in [0.2, 0.25) is 5.02 Å². The molecule has 3 N–H and O–H groups in total. The number of nitrogens with one attached hydrogen (secondary N) is 1. The van der Waals surface area contributed by atoms with Gasteiger partial charge in [0, 0.05) is 11.7 Å². The molecule has 1 amide bonds. The average molecular weight is 239 g/mol. The summed E-state index contributed by atoms with van der Waals surface area (Å²) in [4.78, 5) is 11.9. The summed E-state index contributed by atoms with van der Waals surface area (Å²) in [7, 11) is 0. The van der Waals surface area contributed by atoms with Gasteiger partial charge in [-0.2, -0.15) is 0 Å². The third-order valence-electron chi connectivity index (χ3n) is 2.93. The summed E-state index contributed by atoms with van der Waals surface area (Å²) in [6, 6.07) is 5.26. The summed E-state index contributed by atoms with van der Waals surface area (Å²) < 4.78 is 0. The molecule has 4 heteroatoms. The molecule has 2 rings (SSSR count). The van der Waals surface area contributed by atoms with Crippen molar-refractivity contribution in [2.45, 2.75) is 31.7 Å². The maximum absolute atomic E-state index is 11.9. The number of benzene rings is 1. The lowest BCUT2D eigenvalue weighted by Crippen LogP contribution is -2.32. The first-order chi connectivity index (χ1) is 7.66. The Labute approximate surface area is 100.0 Å². The molecule has 0 heterocycles. The Bertz CT molecular complexity index is 400. The van der Waals surface area contributed by atoms with Crippen molar-refractivity contribution >= 4 is 23.2 Å². The van der Waals surface area contributed by atoms with Crippen LogP contribution in [0.25, 0.3) is 0 Å². The van der Waals surface area contributed by atoms with Gasteiger partial charge in [0.15, 0.2) is 0 Å². The minimum absolute atomic E-state index is 0.121. The van der Waals surface area contributed by atoms with Crippen LogP contribution in [0.15, 0.2) is 18.2 Å². The second-order valence-corrected chi connectivity index (χ2v) is 4.60. The van der Waals surface area contributed by atoms with E-state index < -0.39 is 0 Å². The van der Waals surface area contributed by atoms with Gasteiger partial charge in [-0.25, -0.2) is 0 Å². The highest BCUT2D eigenvalue weighted by atomic mass is 35.5. The van der Waals surface area contributed by atoms with Crippen LogP contribution in [0.4, 0.5) is 5.69 Å². The van der Waals surface area contributed by atoms with Crippen molar-refractivity contribution in [3.05, 3.63) is 28.8 Å². The van der Waals surface area contributed by atoms with E-state index in [0.29, 0.717) is 22.3 Å². The largest absolute Gasteiger partial charge is 0.399 e. The van der Waals surface area contributed by atoms with Gasteiger partial charge >= 0.3 is 0 Å². The van der Waals surface area contributed by atoms with Gasteiger partial charge in [-0.3, -0.25) is 4.79 Å². The van der Waals surface area contributed by atoms with Crippen molar-refractivity contribution in [1.82, 2.24) is 5.32 Å². The van der Waals surface area contributed by atoms with E-state index in [1.54, 1.807) is 18.2 Å². The number of hydrogen-bond acceptors (Lipinski definition) is 2. The monoisotopic (exact) mass is 238 g/mol. The SMILES string of the molecule is Nc1ccc(Cl)c(C(=O)NC2CCCC2)c1. The Morgan fingerprint density at radius 3 is 2.75 bits per heavy atom. The molecule has 0 bridgehead atoms. The number of hydrogen-bond donors (Lipinski definition) is 2. The molecule has 16 heavy (non-hydrogen) atoms. The highest BCUT2D eigenvalue weighted by Gasteiger charge is 2.19. The summed E-state index contributed by atoms with van der Waals surface area (Å²) in [6.07, 6.45) is 4.50. The van der Waals surface area contributed by atoms with Gasteiger partial charge in [0.2, 0.25) is 0 Å². The molecule has 1 aromatic rings. The first kappa shape index (κ1) is 11.3. The van der Waals surface area contributed by atoms with E-state index in [-0.39, 0.29) is 5.91 Å². The van der Waals surface area contributed by atoms with Crippen LogP contribution in [0.3, 0.4) is 0 Å². The van der Waals surface area contributed by atoms with Gasteiger partial charge < -0.3 is 11.1 Å². The molecule has 1 aliphatic carbocycles. The first-order valence-corrected chi connectivity index (χ1v) is 5.90. The second kappa shape index (κ2) is 4.74. The lowest BCUT2D eigenvalue weighted by Gasteiger charge is -2.12. The van der Waals surface area contributed by atoms with Gasteiger partial charge in [-0.05, 0) is 31.0 Å². The third kappa shape index (κ3) is 2.47. The average Bonchev–Trinajstić information content (AvgIpc) is 2.74. The fourth-order valence-corrected chi connectivity index (χ4v) is 2.25. The number of nitrogen functional groups attached to an aromatic ring is 1. The maximum atomic E-state index is 11.9. The van der Waals surface area contributed by atoms with Gasteiger partial charge in [0.25, 0.3) is 5.91 Å². The Balaban J connectivity index is 2.10. The predicted octanol–water partition coefficient (Wildman–Crippen LogP) is 2.59. The highest BCUT2D eigenvalue weighted by Crippen LogP contribution is 2.21. The second-order valence-electron chi connectivity index (χ2n) is 4.19. The fourth-order valence-electron chi connectivity index (χ4n) is 2.05. The first-order valence-electron chi connectivity index (χ1n) is 5.52. The van der Waals surface area contributed by atoms with Gasteiger partial charge in [-0.15, -0.1) is 0 Å². The van der Waals surface area contributed by atoms with Crippen LogP contribution in [0, 0.1) is 0 Å². The van der Waals surface area contributed by atoms with Gasteiger partial charge in [0.1, 0.15) is 0 Å². The van der Waals surface area contributed by atoms with Crippen molar-refractivity contribution in [3.8, 4) is 0 Å². The summed E-state index contributed by atoms with van der Waals surface area (Å²) >= 11 is 5.96. The lowest BCUT2D eigenvalue weighted by atomic mass is 10.1. The number of rotatable bonds is 2. The van der Waals surface area contributed by atoms with E-state index in [1.807, 2.05) is 0 Å². The summed E-state index contributed by atoms with van der Waals surface area (Å²) in [5, 5.41) is 3.43. The van der Waals surface area contributed by atoms with Crippen molar-refractivity contribution in [2.75, 3.05) is 5.73 Å². The molecule has 1 saturated carbocycles. The Kier molecular flexibility index (Phi) is 3.34. The number of amides is 1. The summed E-state index contributed by atoms with van der Waals surface area (Å²) in [6.45, 7) is 0. The van der Waals surface area contributed by atoms with Crippen LogP contribution < -0.4 is 11.1 Å². The summed E-state index contributed by atoms with van der Waals surface area (Å²) in [5.74, 6) is -0.121. The Hall–Kier alpha value is -1.22. The van der Waals surface area contributed by atoms with Crippen LogP contribution in [-0.4, -0.2) is 11.9 Å². The molecule has 0 atom stereocenters. The molecule has 0 aliphatic heterocycles. The molecule has 0 aromatic heterocycles. The molecule has 3 nitrogen and oxygen atoms in total. The zero-order chi connectivity index (χ0) is 11.5. The summed E-state index contributed by atoms with van der Waals surface area (Å²) in [5.41, 5.74) is 6.66. The van der Waals surface area contributed by atoms with Crippen LogP contribution >= 0.6 is 11.6 Å². The van der Waals surface area contributed by atoms with E-state index in [2.05, 4.69) is 5.32 Å². The van der Waals surface area contributed by atoms with Crippen LogP contribution in [0.1, 0.15) is 36.0 Å². The number of anilines is 1. The zero-order valence-electron chi connectivity index (χ0n) is 9.00. The van der Waals surface area contributed by atoms with Gasteiger partial charge in [0.05, 0.1) is 10.6 Å². The predicted molar refractivity (Wildman–Crippen MR) is 65.6 cm³/mol. The number of carbonyl (C=O) groups excluding carboxylic acids is 1.